The lowest BCUT2D eigenvalue weighted by atomic mass is 9.99. The highest BCUT2D eigenvalue weighted by atomic mass is 16.7. The van der Waals surface area contributed by atoms with Crippen LogP contribution in [0.4, 0.5) is 0 Å². The highest BCUT2D eigenvalue weighted by Gasteiger charge is 2.44. The maximum atomic E-state index is 12.8. The Labute approximate surface area is 371 Å². The van der Waals surface area contributed by atoms with Crippen molar-refractivity contribution in [1.82, 2.24) is 0 Å². The topological polar surface area (TPSA) is 152 Å². The smallest absolute Gasteiger partial charge is 0.306 e. The van der Waals surface area contributed by atoms with E-state index in [1.165, 1.54) is 116 Å². The first-order valence-electron chi connectivity index (χ1n) is 24.7. The van der Waals surface area contributed by atoms with Crippen molar-refractivity contribution in [2.24, 2.45) is 0 Å². The molecule has 61 heavy (non-hydrogen) atoms. The molecule has 0 spiro atoms. The quantitative estimate of drug-likeness (QED) is 0.0265. The molecule has 4 N–H and O–H groups in total. The largest absolute Gasteiger partial charge is 0.462 e. The predicted octanol–water partition coefficient (Wildman–Crippen LogP) is 11.2. The molecular formula is C51H90O10. The molecular weight excluding hydrogens is 773 g/mol. The molecule has 1 aliphatic rings. The first-order valence-corrected chi connectivity index (χ1v) is 24.7. The monoisotopic (exact) mass is 863 g/mol. The molecule has 10 heteroatoms. The summed E-state index contributed by atoms with van der Waals surface area (Å²) in [6.07, 6.45) is 42.6. The number of aliphatic hydroxyl groups is 4. The Hall–Kier alpha value is -2.34. The zero-order valence-corrected chi connectivity index (χ0v) is 38.7. The van der Waals surface area contributed by atoms with E-state index in [-0.39, 0.29) is 26.1 Å². The normalized spacial score (nSPS) is 20.1. The first-order chi connectivity index (χ1) is 29.8. The van der Waals surface area contributed by atoms with Gasteiger partial charge in [0.1, 0.15) is 31.0 Å². The van der Waals surface area contributed by atoms with Gasteiger partial charge in [-0.2, -0.15) is 0 Å². The van der Waals surface area contributed by atoms with Gasteiger partial charge in [-0.15, -0.1) is 0 Å². The van der Waals surface area contributed by atoms with Crippen LogP contribution in [0.3, 0.4) is 0 Å². The van der Waals surface area contributed by atoms with Crippen LogP contribution in [0.5, 0.6) is 0 Å². The van der Waals surface area contributed by atoms with Crippen molar-refractivity contribution in [2.45, 2.75) is 243 Å². The van der Waals surface area contributed by atoms with E-state index in [0.29, 0.717) is 12.8 Å². The highest BCUT2D eigenvalue weighted by Crippen LogP contribution is 2.23. The fourth-order valence-electron chi connectivity index (χ4n) is 7.26. The van der Waals surface area contributed by atoms with Gasteiger partial charge < -0.3 is 39.4 Å². The van der Waals surface area contributed by atoms with Gasteiger partial charge in [-0.05, 0) is 70.6 Å². The molecule has 1 heterocycles. The zero-order valence-electron chi connectivity index (χ0n) is 38.7. The SMILES string of the molecule is CCCCC/C=C/C/C=C/CCCCCCCCCCCC(=O)O[C@H](COC(=O)CCC/C=C/C/C=C/CCCCCCCCCCC)CO[C@@H]1O[C@H](CO)[C@H](O)C(O)C1O. The molecule has 1 saturated heterocycles. The van der Waals surface area contributed by atoms with E-state index in [2.05, 4.69) is 62.5 Å². The molecule has 1 aliphatic heterocycles. The third kappa shape index (κ3) is 32.9. The van der Waals surface area contributed by atoms with Gasteiger partial charge in [0, 0.05) is 12.8 Å². The second-order valence-corrected chi connectivity index (χ2v) is 16.9. The number of hydrogen-bond donors (Lipinski definition) is 4. The number of ether oxygens (including phenoxy) is 4. The predicted molar refractivity (Wildman–Crippen MR) is 247 cm³/mol. The number of aliphatic hydroxyl groups excluding tert-OH is 4. The minimum absolute atomic E-state index is 0.210. The van der Waals surface area contributed by atoms with Crippen LogP contribution >= 0.6 is 0 Å². The number of rotatable bonds is 41. The number of hydrogen-bond acceptors (Lipinski definition) is 10. The van der Waals surface area contributed by atoms with E-state index in [1.54, 1.807) is 0 Å². The van der Waals surface area contributed by atoms with E-state index in [4.69, 9.17) is 18.9 Å². The molecule has 1 rings (SSSR count). The molecule has 0 aliphatic carbocycles. The number of allylic oxidation sites excluding steroid dienone is 8. The molecule has 0 amide bonds. The van der Waals surface area contributed by atoms with Crippen LogP contribution in [0.2, 0.25) is 0 Å². The zero-order chi connectivity index (χ0) is 44.4. The Kier molecular flexibility index (Phi) is 38.7. The number of esters is 2. The van der Waals surface area contributed by atoms with Crippen molar-refractivity contribution < 1.29 is 49.0 Å². The molecule has 6 atom stereocenters. The molecule has 0 radical (unpaired) electrons. The number of unbranched alkanes of at least 4 members (excludes halogenated alkanes) is 22. The molecule has 0 aromatic carbocycles. The molecule has 0 aromatic heterocycles. The maximum absolute atomic E-state index is 12.8. The summed E-state index contributed by atoms with van der Waals surface area (Å²) in [6.45, 7) is 3.37. The van der Waals surface area contributed by atoms with Gasteiger partial charge in [-0.1, -0.05) is 172 Å². The van der Waals surface area contributed by atoms with Crippen molar-refractivity contribution in [3.63, 3.8) is 0 Å². The van der Waals surface area contributed by atoms with E-state index >= 15 is 0 Å². The van der Waals surface area contributed by atoms with Gasteiger partial charge in [0.2, 0.25) is 0 Å². The van der Waals surface area contributed by atoms with E-state index in [9.17, 15) is 30.0 Å². The Morgan fingerprint density at radius 3 is 1.44 bits per heavy atom. The summed E-state index contributed by atoms with van der Waals surface area (Å²) in [7, 11) is 0. The molecule has 1 fully saturated rings. The Morgan fingerprint density at radius 2 is 0.934 bits per heavy atom. The summed E-state index contributed by atoms with van der Waals surface area (Å²) in [6, 6.07) is 0. The Balaban J connectivity index is 2.32. The molecule has 10 nitrogen and oxygen atoms in total. The van der Waals surface area contributed by atoms with Crippen LogP contribution in [0.25, 0.3) is 0 Å². The van der Waals surface area contributed by atoms with Crippen LogP contribution in [0, 0.1) is 0 Å². The fraction of sp³-hybridized carbons (Fsp3) is 0.804. The van der Waals surface area contributed by atoms with Gasteiger partial charge in [0.25, 0.3) is 0 Å². The number of carbonyl (C=O) groups excluding carboxylic acids is 2. The molecule has 2 unspecified atom stereocenters. The summed E-state index contributed by atoms with van der Waals surface area (Å²) in [5, 5.41) is 40.1. The van der Waals surface area contributed by atoms with Gasteiger partial charge in [0.15, 0.2) is 12.4 Å². The van der Waals surface area contributed by atoms with Gasteiger partial charge in [0.05, 0.1) is 13.2 Å². The lowest BCUT2D eigenvalue weighted by Gasteiger charge is -2.39. The first kappa shape index (κ1) is 56.7. The molecule has 0 saturated carbocycles. The summed E-state index contributed by atoms with van der Waals surface area (Å²) in [4.78, 5) is 25.4. The van der Waals surface area contributed by atoms with Crippen LogP contribution in [0.1, 0.15) is 206 Å². The van der Waals surface area contributed by atoms with Crippen molar-refractivity contribution in [1.29, 1.82) is 0 Å². The Morgan fingerprint density at radius 1 is 0.508 bits per heavy atom. The standard InChI is InChI=1S/C51H90O10/c1-3-5-7-9-11-13-15-17-19-21-22-24-26-28-30-32-34-36-38-40-47(54)60-44(43-59-51-50(57)49(56)48(55)45(41-52)61-51)42-58-46(53)39-37-35-33-31-29-27-25-23-20-18-16-14-12-10-8-6-4-2/h11,13,17,19,25,27,31,33,44-45,48-52,55-57H,3-10,12,14-16,18,20-24,26,28-30,32,34-43H2,1-2H3/b13-11+,19-17+,27-25+,33-31+/t44-,45-,48+,49?,50?,51-/m1/s1. The summed E-state index contributed by atoms with van der Waals surface area (Å²) in [5.74, 6) is -0.862. The van der Waals surface area contributed by atoms with Crippen LogP contribution < -0.4 is 0 Å². The summed E-state index contributed by atoms with van der Waals surface area (Å²) >= 11 is 0. The highest BCUT2D eigenvalue weighted by molar-refractivity contribution is 5.70. The van der Waals surface area contributed by atoms with Crippen LogP contribution in [0.15, 0.2) is 48.6 Å². The lowest BCUT2D eigenvalue weighted by molar-refractivity contribution is -0.305. The lowest BCUT2D eigenvalue weighted by Crippen LogP contribution is -2.59. The summed E-state index contributed by atoms with van der Waals surface area (Å²) in [5.41, 5.74) is 0. The van der Waals surface area contributed by atoms with Gasteiger partial charge in [-0.3, -0.25) is 9.59 Å². The van der Waals surface area contributed by atoms with Crippen LogP contribution in [-0.2, 0) is 28.5 Å². The van der Waals surface area contributed by atoms with Crippen molar-refractivity contribution in [3.05, 3.63) is 48.6 Å². The molecule has 354 valence electrons. The average molecular weight is 863 g/mol. The van der Waals surface area contributed by atoms with E-state index in [1.807, 2.05) is 0 Å². The molecule has 0 bridgehead atoms. The van der Waals surface area contributed by atoms with E-state index in [0.717, 1.165) is 51.4 Å². The second-order valence-electron chi connectivity index (χ2n) is 16.9. The van der Waals surface area contributed by atoms with Crippen molar-refractivity contribution in [3.8, 4) is 0 Å². The summed E-state index contributed by atoms with van der Waals surface area (Å²) < 4.78 is 22.2. The third-order valence-electron chi connectivity index (χ3n) is 11.2. The van der Waals surface area contributed by atoms with Crippen molar-refractivity contribution >= 4 is 11.9 Å². The van der Waals surface area contributed by atoms with Crippen molar-refractivity contribution in [2.75, 3.05) is 19.8 Å². The second kappa shape index (κ2) is 41.7. The Bertz CT molecular complexity index is 1130. The molecule has 0 aromatic rings. The van der Waals surface area contributed by atoms with E-state index < -0.39 is 55.4 Å². The maximum Gasteiger partial charge on any atom is 0.306 e. The van der Waals surface area contributed by atoms with Crippen LogP contribution in [-0.4, -0.2) is 89.0 Å². The number of carbonyl (C=O) groups is 2. The average Bonchev–Trinajstić information content (AvgIpc) is 3.26. The third-order valence-corrected chi connectivity index (χ3v) is 11.2. The minimum atomic E-state index is -1.60. The van der Waals surface area contributed by atoms with Gasteiger partial charge >= 0.3 is 11.9 Å². The minimum Gasteiger partial charge on any atom is -0.462 e. The fourth-order valence-corrected chi connectivity index (χ4v) is 7.26. The van der Waals surface area contributed by atoms with Gasteiger partial charge in [-0.25, -0.2) is 0 Å².